The third-order valence-corrected chi connectivity index (χ3v) is 4.94. The number of fused-ring (bicyclic) bond motifs is 1. The van der Waals surface area contributed by atoms with Gasteiger partial charge < -0.3 is 9.84 Å². The molecular weight excluding hydrogens is 326 g/mol. The van der Waals surface area contributed by atoms with Crippen LogP contribution in [-0.2, 0) is 0 Å². The van der Waals surface area contributed by atoms with E-state index in [9.17, 15) is 9.90 Å². The average Bonchev–Trinajstić information content (AvgIpc) is 2.65. The van der Waals surface area contributed by atoms with Gasteiger partial charge in [0.2, 0.25) is 0 Å². The maximum atomic E-state index is 11.9. The molecule has 134 valence electrons. The molecule has 0 amide bonds. The van der Waals surface area contributed by atoms with Gasteiger partial charge in [-0.25, -0.2) is 9.78 Å². The van der Waals surface area contributed by atoms with Gasteiger partial charge in [0.05, 0.1) is 23.9 Å². The maximum Gasteiger partial charge on any atom is 0.336 e. The number of hydrogen-bond acceptors (Lipinski definition) is 3. The first-order valence-corrected chi connectivity index (χ1v) is 8.77. The number of aromatic carboxylic acids is 1. The van der Waals surface area contributed by atoms with Crippen molar-refractivity contribution >= 4 is 16.9 Å². The van der Waals surface area contributed by atoms with Gasteiger partial charge in [-0.05, 0) is 66.8 Å². The van der Waals surface area contributed by atoms with Gasteiger partial charge >= 0.3 is 5.97 Å². The van der Waals surface area contributed by atoms with Gasteiger partial charge in [0.25, 0.3) is 0 Å². The Kier molecular flexibility index (Phi) is 4.94. The van der Waals surface area contributed by atoms with Gasteiger partial charge in [0.15, 0.2) is 0 Å². The molecule has 0 aliphatic heterocycles. The zero-order chi connectivity index (χ0) is 18.8. The summed E-state index contributed by atoms with van der Waals surface area (Å²) < 4.78 is 5.30. The number of aromatic nitrogens is 1. The molecule has 3 rings (SSSR count). The van der Waals surface area contributed by atoms with Crippen molar-refractivity contribution in [2.45, 2.75) is 33.1 Å². The molecular formula is C22H23NO3. The Morgan fingerprint density at radius 1 is 1.19 bits per heavy atom. The highest BCUT2D eigenvalue weighted by atomic mass is 16.5. The molecule has 0 spiro atoms. The molecule has 2 aromatic carbocycles. The third-order valence-electron chi connectivity index (χ3n) is 4.94. The van der Waals surface area contributed by atoms with Crippen LogP contribution < -0.4 is 4.74 Å². The number of carbonyl (C=O) groups is 1. The molecule has 0 aliphatic carbocycles. The van der Waals surface area contributed by atoms with Gasteiger partial charge in [-0.1, -0.05) is 19.9 Å². The molecule has 0 saturated heterocycles. The monoisotopic (exact) mass is 349 g/mol. The summed E-state index contributed by atoms with van der Waals surface area (Å²) in [5, 5.41) is 10.4. The van der Waals surface area contributed by atoms with E-state index in [1.165, 1.54) is 0 Å². The summed E-state index contributed by atoms with van der Waals surface area (Å²) in [7, 11) is 1.63. The molecule has 0 bridgehead atoms. The summed E-state index contributed by atoms with van der Waals surface area (Å²) in [6.45, 7) is 6.23. The molecule has 4 heteroatoms. The fourth-order valence-corrected chi connectivity index (χ4v) is 3.15. The van der Waals surface area contributed by atoms with Crippen LogP contribution in [0.2, 0.25) is 0 Å². The van der Waals surface area contributed by atoms with E-state index in [-0.39, 0.29) is 5.56 Å². The molecule has 1 atom stereocenters. The Hall–Kier alpha value is -2.88. The number of carboxylic acid groups (broad SMARTS) is 1. The van der Waals surface area contributed by atoms with Crippen LogP contribution in [0.1, 0.15) is 47.7 Å². The first kappa shape index (κ1) is 17.9. The van der Waals surface area contributed by atoms with Gasteiger partial charge in [0.1, 0.15) is 5.75 Å². The second-order valence-electron chi connectivity index (χ2n) is 6.63. The van der Waals surface area contributed by atoms with Crippen LogP contribution in [0.15, 0.2) is 42.5 Å². The number of ether oxygens (including phenoxy) is 1. The van der Waals surface area contributed by atoms with Crippen LogP contribution in [0.25, 0.3) is 22.2 Å². The number of methoxy groups -OCH3 is 1. The molecule has 26 heavy (non-hydrogen) atoms. The van der Waals surface area contributed by atoms with E-state index in [2.05, 4.69) is 13.8 Å². The molecule has 0 fully saturated rings. The lowest BCUT2D eigenvalue weighted by Crippen LogP contribution is -2.02. The zero-order valence-electron chi connectivity index (χ0n) is 15.5. The van der Waals surface area contributed by atoms with Crippen molar-refractivity contribution in [2.24, 2.45) is 0 Å². The minimum absolute atomic E-state index is 0.281. The highest BCUT2D eigenvalue weighted by molar-refractivity contribution is 6.04. The van der Waals surface area contributed by atoms with Crippen molar-refractivity contribution in [3.8, 4) is 17.0 Å². The Morgan fingerprint density at radius 3 is 2.58 bits per heavy atom. The Bertz CT molecular complexity index is 979. The molecule has 3 aromatic rings. The van der Waals surface area contributed by atoms with Crippen molar-refractivity contribution < 1.29 is 14.6 Å². The molecule has 0 saturated carbocycles. The van der Waals surface area contributed by atoms with Gasteiger partial charge in [0, 0.05) is 10.9 Å². The lowest BCUT2D eigenvalue weighted by Gasteiger charge is -2.13. The van der Waals surface area contributed by atoms with E-state index in [1.54, 1.807) is 13.2 Å². The Morgan fingerprint density at radius 2 is 1.96 bits per heavy atom. The summed E-state index contributed by atoms with van der Waals surface area (Å²) in [6, 6.07) is 13.3. The Balaban J connectivity index is 2.20. The number of pyridine rings is 1. The van der Waals surface area contributed by atoms with Crippen molar-refractivity contribution in [3.63, 3.8) is 0 Å². The van der Waals surface area contributed by atoms with Crippen molar-refractivity contribution in [1.82, 2.24) is 4.98 Å². The molecule has 1 unspecified atom stereocenters. The number of rotatable bonds is 5. The number of benzene rings is 2. The molecule has 1 aromatic heterocycles. The molecule has 4 nitrogen and oxygen atoms in total. The van der Waals surface area contributed by atoms with E-state index in [4.69, 9.17) is 9.72 Å². The number of hydrogen-bond donors (Lipinski definition) is 1. The summed E-state index contributed by atoms with van der Waals surface area (Å²) in [6.07, 6.45) is 1.00. The van der Waals surface area contributed by atoms with Crippen LogP contribution in [0.4, 0.5) is 0 Å². The minimum atomic E-state index is -0.940. The number of carboxylic acids is 1. The van der Waals surface area contributed by atoms with Crippen molar-refractivity contribution in [2.75, 3.05) is 7.11 Å². The van der Waals surface area contributed by atoms with Crippen molar-refractivity contribution in [1.29, 1.82) is 0 Å². The van der Waals surface area contributed by atoms with Crippen molar-refractivity contribution in [3.05, 3.63) is 59.2 Å². The van der Waals surface area contributed by atoms with E-state index in [0.717, 1.165) is 28.9 Å². The first-order valence-electron chi connectivity index (χ1n) is 8.77. The minimum Gasteiger partial charge on any atom is -0.496 e. The largest absolute Gasteiger partial charge is 0.496 e. The molecule has 1 heterocycles. The predicted octanol–water partition coefficient (Wildman–Crippen LogP) is 5.43. The van der Waals surface area contributed by atoms with E-state index >= 15 is 0 Å². The molecule has 1 N–H and O–H groups in total. The quantitative estimate of drug-likeness (QED) is 0.667. The fourth-order valence-electron chi connectivity index (χ4n) is 3.15. The number of aryl methyl sites for hydroxylation is 1. The molecule has 0 radical (unpaired) electrons. The maximum absolute atomic E-state index is 11.9. The van der Waals surface area contributed by atoms with E-state index in [0.29, 0.717) is 22.5 Å². The van der Waals surface area contributed by atoms with Gasteiger partial charge in [-0.15, -0.1) is 0 Å². The van der Waals surface area contributed by atoms with Crippen LogP contribution in [-0.4, -0.2) is 23.2 Å². The van der Waals surface area contributed by atoms with Gasteiger partial charge in [-0.3, -0.25) is 0 Å². The van der Waals surface area contributed by atoms with Crippen LogP contribution in [0, 0.1) is 6.92 Å². The van der Waals surface area contributed by atoms with E-state index < -0.39 is 5.97 Å². The second kappa shape index (κ2) is 7.16. The van der Waals surface area contributed by atoms with Crippen LogP contribution in [0.3, 0.4) is 0 Å². The summed E-state index contributed by atoms with van der Waals surface area (Å²) in [4.78, 5) is 16.6. The molecule has 0 aliphatic rings. The normalized spacial score (nSPS) is 12.2. The van der Waals surface area contributed by atoms with Crippen LogP contribution in [0.5, 0.6) is 5.75 Å². The summed E-state index contributed by atoms with van der Waals surface area (Å²) >= 11 is 0. The summed E-state index contributed by atoms with van der Waals surface area (Å²) in [5.74, 6) is 0.237. The highest BCUT2D eigenvalue weighted by Gasteiger charge is 2.15. The average molecular weight is 349 g/mol. The third kappa shape index (κ3) is 3.27. The van der Waals surface area contributed by atoms with Crippen LogP contribution >= 0.6 is 0 Å². The Labute approximate surface area is 153 Å². The SMILES string of the molecule is CCC(C)c1ccc2nc(-c3ccc(OC)c(C)c3)cc(C(=O)O)c2c1. The standard InChI is InChI=1S/C22H23NO3/c1-5-13(2)15-6-8-19-17(11-15)18(22(24)25)12-20(23-19)16-7-9-21(26-4)14(3)10-16/h6-13H,5H2,1-4H3,(H,24,25). The van der Waals surface area contributed by atoms with Gasteiger partial charge in [-0.2, -0.15) is 0 Å². The topological polar surface area (TPSA) is 59.4 Å². The first-order chi connectivity index (χ1) is 12.4. The van der Waals surface area contributed by atoms with E-state index in [1.807, 2.05) is 43.3 Å². The zero-order valence-corrected chi connectivity index (χ0v) is 15.5. The fraction of sp³-hybridized carbons (Fsp3) is 0.273. The summed E-state index contributed by atoms with van der Waals surface area (Å²) in [5.41, 5.74) is 4.62. The predicted molar refractivity (Wildman–Crippen MR) is 104 cm³/mol. The highest BCUT2D eigenvalue weighted by Crippen LogP contribution is 2.30. The lowest BCUT2D eigenvalue weighted by molar-refractivity contribution is 0.0699. The second-order valence-corrected chi connectivity index (χ2v) is 6.63. The smallest absolute Gasteiger partial charge is 0.336 e. The lowest BCUT2D eigenvalue weighted by atomic mass is 9.95. The number of nitrogens with zero attached hydrogens (tertiary/aromatic N) is 1.